The molecular formula is C16H28N2O3. The Morgan fingerprint density at radius 1 is 0.952 bits per heavy atom. The lowest BCUT2D eigenvalue weighted by atomic mass is 10.1. The number of nitrogens with zero attached hydrogens (tertiary/aromatic N) is 2. The molecule has 0 bridgehead atoms. The minimum Gasteiger partial charge on any atom is -0.480 e. The van der Waals surface area contributed by atoms with E-state index in [0.29, 0.717) is 13.0 Å². The fraction of sp³-hybridized carbons (Fsp3) is 0.875. The Kier molecular flexibility index (Phi) is 5.88. The van der Waals surface area contributed by atoms with E-state index in [1.807, 2.05) is 4.90 Å². The number of carbonyl (C=O) groups excluding carboxylic acids is 1. The number of rotatable bonds is 2. The van der Waals surface area contributed by atoms with E-state index in [1.54, 1.807) is 4.90 Å². The molecule has 2 aliphatic heterocycles. The first-order valence-electron chi connectivity index (χ1n) is 8.45. The lowest BCUT2D eigenvalue weighted by molar-refractivity contribution is -0.142. The summed E-state index contributed by atoms with van der Waals surface area (Å²) in [5.74, 6) is -0.854. The van der Waals surface area contributed by atoms with Gasteiger partial charge in [-0.1, -0.05) is 32.6 Å². The highest BCUT2D eigenvalue weighted by Gasteiger charge is 2.35. The Morgan fingerprint density at radius 2 is 1.57 bits per heavy atom. The summed E-state index contributed by atoms with van der Waals surface area (Å²) in [5.41, 5.74) is 0. The van der Waals surface area contributed by atoms with Crippen molar-refractivity contribution in [3.05, 3.63) is 0 Å². The van der Waals surface area contributed by atoms with Gasteiger partial charge in [-0.15, -0.1) is 0 Å². The van der Waals surface area contributed by atoms with Crippen LogP contribution in [0.4, 0.5) is 4.79 Å². The highest BCUT2D eigenvalue weighted by Crippen LogP contribution is 2.24. The van der Waals surface area contributed by atoms with Gasteiger partial charge in [-0.25, -0.2) is 9.59 Å². The zero-order valence-corrected chi connectivity index (χ0v) is 13.1. The third-order valence-electron chi connectivity index (χ3n) is 4.88. The molecule has 0 aromatic carbocycles. The smallest absolute Gasteiger partial charge is 0.326 e. The molecule has 0 saturated carbocycles. The van der Waals surface area contributed by atoms with E-state index in [9.17, 15) is 14.7 Å². The zero-order valence-electron chi connectivity index (χ0n) is 13.1. The minimum atomic E-state index is -0.854. The molecule has 5 nitrogen and oxygen atoms in total. The first-order valence-corrected chi connectivity index (χ1v) is 8.45. The van der Waals surface area contributed by atoms with Gasteiger partial charge in [0.25, 0.3) is 0 Å². The molecule has 0 radical (unpaired) electrons. The van der Waals surface area contributed by atoms with E-state index in [1.165, 1.54) is 12.8 Å². The summed E-state index contributed by atoms with van der Waals surface area (Å²) in [6.07, 6.45) is 8.81. The number of carboxylic acids is 1. The molecule has 0 aromatic heterocycles. The average molecular weight is 296 g/mol. The van der Waals surface area contributed by atoms with Gasteiger partial charge in [0.05, 0.1) is 0 Å². The van der Waals surface area contributed by atoms with Gasteiger partial charge in [-0.3, -0.25) is 0 Å². The predicted octanol–water partition coefficient (Wildman–Crippen LogP) is 3.09. The van der Waals surface area contributed by atoms with Crippen molar-refractivity contribution in [2.24, 2.45) is 0 Å². The average Bonchev–Trinajstić information content (AvgIpc) is 2.86. The van der Waals surface area contributed by atoms with Crippen molar-refractivity contribution in [2.45, 2.75) is 76.8 Å². The van der Waals surface area contributed by atoms with Gasteiger partial charge in [0.1, 0.15) is 6.04 Å². The molecule has 1 N–H and O–H groups in total. The molecule has 2 amide bonds. The maximum absolute atomic E-state index is 12.9. The van der Waals surface area contributed by atoms with Crippen LogP contribution in [0.2, 0.25) is 0 Å². The monoisotopic (exact) mass is 296 g/mol. The number of urea groups is 1. The molecule has 2 unspecified atom stereocenters. The van der Waals surface area contributed by atoms with Gasteiger partial charge in [0.2, 0.25) is 0 Å². The van der Waals surface area contributed by atoms with Crippen molar-refractivity contribution in [1.29, 1.82) is 0 Å². The Balaban J connectivity index is 2.15. The number of carbonyl (C=O) groups is 2. The van der Waals surface area contributed by atoms with Gasteiger partial charge in [0.15, 0.2) is 0 Å². The van der Waals surface area contributed by atoms with E-state index in [-0.39, 0.29) is 12.1 Å². The van der Waals surface area contributed by atoms with E-state index in [4.69, 9.17) is 0 Å². The van der Waals surface area contributed by atoms with E-state index >= 15 is 0 Å². The third-order valence-corrected chi connectivity index (χ3v) is 4.88. The van der Waals surface area contributed by atoms with Crippen LogP contribution in [0, 0.1) is 0 Å². The van der Waals surface area contributed by atoms with Crippen molar-refractivity contribution in [3.63, 3.8) is 0 Å². The second-order valence-electron chi connectivity index (χ2n) is 6.28. The molecule has 5 heteroatoms. The van der Waals surface area contributed by atoms with Crippen LogP contribution < -0.4 is 0 Å². The van der Waals surface area contributed by atoms with Crippen LogP contribution in [0.5, 0.6) is 0 Å². The second kappa shape index (κ2) is 7.66. The number of hydrogen-bond donors (Lipinski definition) is 1. The van der Waals surface area contributed by atoms with E-state index < -0.39 is 12.0 Å². The number of hydrogen-bond acceptors (Lipinski definition) is 2. The zero-order chi connectivity index (χ0) is 15.2. The van der Waals surface area contributed by atoms with E-state index in [2.05, 4.69) is 6.92 Å². The Morgan fingerprint density at radius 3 is 2.19 bits per heavy atom. The molecule has 120 valence electrons. The fourth-order valence-electron chi connectivity index (χ4n) is 3.61. The first kappa shape index (κ1) is 16.1. The normalized spacial score (nSPS) is 27.9. The second-order valence-corrected chi connectivity index (χ2v) is 6.28. The Labute approximate surface area is 127 Å². The summed E-state index contributed by atoms with van der Waals surface area (Å²) in [5, 5.41) is 9.45. The summed E-state index contributed by atoms with van der Waals surface area (Å²) in [4.78, 5) is 28.0. The van der Waals surface area contributed by atoms with Crippen LogP contribution in [0.1, 0.15) is 64.7 Å². The highest BCUT2D eigenvalue weighted by molar-refractivity contribution is 5.83. The lowest BCUT2D eigenvalue weighted by Crippen LogP contribution is -2.53. The van der Waals surface area contributed by atoms with Crippen LogP contribution in [0.15, 0.2) is 0 Å². The Bertz CT molecular complexity index is 373. The number of amides is 2. The first-order chi connectivity index (χ1) is 10.1. The lowest BCUT2D eigenvalue weighted by Gasteiger charge is -2.36. The Hall–Kier alpha value is -1.26. The van der Waals surface area contributed by atoms with Crippen molar-refractivity contribution < 1.29 is 14.7 Å². The number of aliphatic carboxylic acids is 1. The van der Waals surface area contributed by atoms with Crippen molar-refractivity contribution in [2.75, 3.05) is 13.1 Å². The van der Waals surface area contributed by atoms with Crippen molar-refractivity contribution in [3.8, 4) is 0 Å². The van der Waals surface area contributed by atoms with Gasteiger partial charge in [-0.05, 0) is 32.1 Å². The van der Waals surface area contributed by atoms with Crippen LogP contribution in [-0.4, -0.2) is 52.1 Å². The topological polar surface area (TPSA) is 60.9 Å². The third kappa shape index (κ3) is 3.89. The largest absolute Gasteiger partial charge is 0.480 e. The van der Waals surface area contributed by atoms with Crippen LogP contribution >= 0.6 is 0 Å². The molecule has 2 rings (SSSR count). The van der Waals surface area contributed by atoms with Crippen molar-refractivity contribution in [1.82, 2.24) is 9.80 Å². The maximum Gasteiger partial charge on any atom is 0.326 e. The van der Waals surface area contributed by atoms with E-state index in [0.717, 1.165) is 45.1 Å². The van der Waals surface area contributed by atoms with Crippen LogP contribution in [0.25, 0.3) is 0 Å². The fourth-order valence-corrected chi connectivity index (χ4v) is 3.61. The van der Waals surface area contributed by atoms with Crippen LogP contribution in [0.3, 0.4) is 0 Å². The molecular weight excluding hydrogens is 268 g/mol. The number of carboxylic acid groups (broad SMARTS) is 1. The van der Waals surface area contributed by atoms with Gasteiger partial charge in [0, 0.05) is 19.1 Å². The highest BCUT2D eigenvalue weighted by atomic mass is 16.4. The summed E-state index contributed by atoms with van der Waals surface area (Å²) in [7, 11) is 0. The maximum atomic E-state index is 12.9. The molecule has 2 fully saturated rings. The molecule has 2 aliphatic rings. The SMILES string of the molecule is CCC1CCCCCN1C(=O)N1CCCCCC1C(=O)O. The standard InChI is InChI=1S/C16H28N2O3/c1-2-13-9-5-3-7-11-17(13)16(21)18-12-8-4-6-10-14(18)15(19)20/h13-14H,2-12H2,1H3,(H,19,20). The molecule has 2 atom stereocenters. The van der Waals surface area contributed by atoms with Gasteiger partial charge in [-0.2, -0.15) is 0 Å². The molecule has 0 spiro atoms. The number of likely N-dealkylation sites (tertiary alicyclic amines) is 2. The molecule has 2 saturated heterocycles. The summed E-state index contributed by atoms with van der Waals surface area (Å²) >= 11 is 0. The molecule has 0 aromatic rings. The minimum absolute atomic E-state index is 0.0435. The molecule has 2 heterocycles. The molecule has 0 aliphatic carbocycles. The van der Waals surface area contributed by atoms with Crippen molar-refractivity contribution >= 4 is 12.0 Å². The summed E-state index contributed by atoms with van der Waals surface area (Å²) < 4.78 is 0. The van der Waals surface area contributed by atoms with Gasteiger partial charge >= 0.3 is 12.0 Å². The molecule has 21 heavy (non-hydrogen) atoms. The summed E-state index contributed by atoms with van der Waals surface area (Å²) in [6, 6.07) is -0.406. The van der Waals surface area contributed by atoms with Gasteiger partial charge < -0.3 is 14.9 Å². The quantitative estimate of drug-likeness (QED) is 0.851. The summed E-state index contributed by atoms with van der Waals surface area (Å²) in [6.45, 7) is 3.48. The van der Waals surface area contributed by atoms with Crippen LogP contribution in [-0.2, 0) is 4.79 Å². The predicted molar refractivity (Wildman–Crippen MR) is 81.2 cm³/mol.